The molecule has 0 saturated carbocycles. The lowest BCUT2D eigenvalue weighted by molar-refractivity contribution is 0.956. The minimum Gasteiger partial charge on any atom is -0.340 e. The molecule has 0 bridgehead atoms. The summed E-state index contributed by atoms with van der Waals surface area (Å²) in [5.74, 6) is 0. The fourth-order valence-corrected chi connectivity index (χ4v) is 3.84. The lowest BCUT2D eigenvalue weighted by Crippen LogP contribution is -2.23. The highest BCUT2D eigenvalue weighted by Crippen LogP contribution is 2.32. The van der Waals surface area contributed by atoms with Crippen molar-refractivity contribution in [2.24, 2.45) is 0 Å². The van der Waals surface area contributed by atoms with Gasteiger partial charge >= 0.3 is 0 Å². The Morgan fingerprint density at radius 1 is 1.08 bits per heavy atom. The number of benzene rings is 2. The lowest BCUT2D eigenvalue weighted by Gasteiger charge is -2.16. The van der Waals surface area contributed by atoms with Crippen molar-refractivity contribution in [1.82, 2.24) is 14.5 Å². The number of imidazole rings is 1. The van der Waals surface area contributed by atoms with Crippen LogP contribution in [0.1, 0.15) is 17.7 Å². The molecule has 2 aromatic heterocycles. The Bertz CT molecular complexity index is 1060. The molecule has 1 atom stereocenters. The van der Waals surface area contributed by atoms with Crippen LogP contribution in [0.25, 0.3) is 16.6 Å². The molecule has 0 aliphatic rings. The highest BCUT2D eigenvalue weighted by molar-refractivity contribution is 7.99. The fourth-order valence-electron chi connectivity index (χ4n) is 2.95. The predicted octanol–water partition coefficient (Wildman–Crippen LogP) is 4.57. The summed E-state index contributed by atoms with van der Waals surface area (Å²) in [4.78, 5) is 20.6. The minimum atomic E-state index is -0.0155. The number of aromatic amines is 1. The molecule has 2 aromatic carbocycles. The Balaban J connectivity index is 1.91. The molecule has 0 aliphatic heterocycles. The molecule has 0 aliphatic carbocycles. The summed E-state index contributed by atoms with van der Waals surface area (Å²) in [6.45, 7) is 2.04. The number of fused-ring (bicyclic) bond motifs is 1. The Morgan fingerprint density at radius 2 is 1.84 bits per heavy atom. The molecule has 0 fully saturated rings. The first-order valence-corrected chi connectivity index (χ1v) is 8.98. The molecular formula is C20H17N3OS. The number of aromatic nitrogens is 3. The number of hydrogen-bond acceptors (Lipinski definition) is 3. The molecule has 4 nitrogen and oxygen atoms in total. The van der Waals surface area contributed by atoms with E-state index in [0.717, 1.165) is 27.3 Å². The minimum absolute atomic E-state index is 0.0106. The summed E-state index contributed by atoms with van der Waals surface area (Å²) in [6, 6.07) is 19.8. The first-order chi connectivity index (χ1) is 12.2. The summed E-state index contributed by atoms with van der Waals surface area (Å²) >= 11 is 1.55. The number of thioether (sulfide) groups is 1. The molecule has 0 radical (unpaired) electrons. The molecule has 4 rings (SSSR count). The van der Waals surface area contributed by atoms with E-state index in [1.165, 1.54) is 0 Å². The molecule has 1 unspecified atom stereocenters. The second-order valence-electron chi connectivity index (χ2n) is 5.79. The molecule has 1 N–H and O–H groups in total. The summed E-state index contributed by atoms with van der Waals surface area (Å²) in [7, 11) is 0. The molecule has 124 valence electrons. The van der Waals surface area contributed by atoms with Crippen LogP contribution in [0.2, 0.25) is 0 Å². The standard InChI is InChI=1S/C20H17N3OS/c1-14(25-20-21-11-12-22-20)17-13-15-7-5-6-10-18(15)23(19(17)24)16-8-3-2-4-9-16/h2-14H,1H3,(H,21,22). The van der Waals surface area contributed by atoms with E-state index < -0.39 is 0 Å². The average molecular weight is 347 g/mol. The van der Waals surface area contributed by atoms with Gasteiger partial charge in [-0.3, -0.25) is 9.36 Å². The van der Waals surface area contributed by atoms with Crippen molar-refractivity contribution in [3.63, 3.8) is 0 Å². The predicted molar refractivity (Wildman–Crippen MR) is 102 cm³/mol. The van der Waals surface area contributed by atoms with Gasteiger partial charge in [0, 0.05) is 28.9 Å². The van der Waals surface area contributed by atoms with Gasteiger partial charge in [0.25, 0.3) is 5.56 Å². The number of rotatable bonds is 4. The van der Waals surface area contributed by atoms with Crippen LogP contribution in [0.5, 0.6) is 0 Å². The number of nitrogens with zero attached hydrogens (tertiary/aromatic N) is 2. The van der Waals surface area contributed by atoms with E-state index in [1.54, 1.807) is 28.7 Å². The van der Waals surface area contributed by atoms with Gasteiger partial charge in [0.15, 0.2) is 5.16 Å². The smallest absolute Gasteiger partial charge is 0.259 e. The molecule has 5 heteroatoms. The number of pyridine rings is 1. The summed E-state index contributed by atoms with van der Waals surface area (Å²) in [5.41, 5.74) is 2.57. The summed E-state index contributed by atoms with van der Waals surface area (Å²) < 4.78 is 1.80. The van der Waals surface area contributed by atoms with E-state index >= 15 is 0 Å². The third-order valence-electron chi connectivity index (χ3n) is 4.15. The van der Waals surface area contributed by atoms with Crippen LogP contribution in [-0.2, 0) is 0 Å². The fraction of sp³-hybridized carbons (Fsp3) is 0.100. The number of H-pyrrole nitrogens is 1. The van der Waals surface area contributed by atoms with Gasteiger partial charge in [-0.15, -0.1) is 0 Å². The van der Waals surface area contributed by atoms with Crippen LogP contribution in [-0.4, -0.2) is 14.5 Å². The Hall–Kier alpha value is -2.79. The van der Waals surface area contributed by atoms with Gasteiger partial charge < -0.3 is 4.98 Å². The molecule has 0 amide bonds. The van der Waals surface area contributed by atoms with Gasteiger partial charge in [0.2, 0.25) is 0 Å². The van der Waals surface area contributed by atoms with Gasteiger partial charge in [-0.25, -0.2) is 4.98 Å². The Morgan fingerprint density at radius 3 is 2.60 bits per heavy atom. The maximum Gasteiger partial charge on any atom is 0.259 e. The second-order valence-corrected chi connectivity index (χ2v) is 7.12. The zero-order valence-corrected chi connectivity index (χ0v) is 14.5. The van der Waals surface area contributed by atoms with Crippen molar-refractivity contribution in [2.75, 3.05) is 0 Å². The van der Waals surface area contributed by atoms with E-state index in [4.69, 9.17) is 0 Å². The molecule has 0 saturated heterocycles. The Labute approximate surface area is 149 Å². The topological polar surface area (TPSA) is 50.7 Å². The number of para-hydroxylation sites is 2. The van der Waals surface area contributed by atoms with Crippen LogP contribution < -0.4 is 5.56 Å². The normalized spacial score (nSPS) is 12.4. The summed E-state index contributed by atoms with van der Waals surface area (Å²) in [6.07, 6.45) is 3.51. The van der Waals surface area contributed by atoms with Crippen molar-refractivity contribution in [2.45, 2.75) is 17.3 Å². The van der Waals surface area contributed by atoms with Gasteiger partial charge in [-0.05, 0) is 36.6 Å². The van der Waals surface area contributed by atoms with E-state index in [0.29, 0.717) is 0 Å². The zero-order valence-electron chi connectivity index (χ0n) is 13.7. The highest BCUT2D eigenvalue weighted by Gasteiger charge is 2.17. The largest absolute Gasteiger partial charge is 0.340 e. The molecule has 4 aromatic rings. The third-order valence-corrected chi connectivity index (χ3v) is 5.21. The summed E-state index contributed by atoms with van der Waals surface area (Å²) in [5, 5.41) is 1.84. The van der Waals surface area contributed by atoms with Crippen molar-refractivity contribution in [3.05, 3.63) is 89.0 Å². The third kappa shape index (κ3) is 2.98. The average Bonchev–Trinajstić information content (AvgIpc) is 3.15. The molecule has 2 heterocycles. The zero-order chi connectivity index (χ0) is 17.2. The quantitative estimate of drug-likeness (QED) is 0.550. The van der Waals surface area contributed by atoms with Gasteiger partial charge in [0.1, 0.15) is 0 Å². The van der Waals surface area contributed by atoms with Crippen molar-refractivity contribution < 1.29 is 0 Å². The van der Waals surface area contributed by atoms with E-state index in [1.807, 2.05) is 67.6 Å². The van der Waals surface area contributed by atoms with Gasteiger partial charge in [-0.1, -0.05) is 48.2 Å². The maximum absolute atomic E-state index is 13.3. The van der Waals surface area contributed by atoms with Crippen LogP contribution >= 0.6 is 11.8 Å². The Kier molecular flexibility index (Phi) is 4.15. The maximum atomic E-state index is 13.3. The van der Waals surface area contributed by atoms with Crippen LogP contribution in [0, 0.1) is 0 Å². The van der Waals surface area contributed by atoms with Crippen LogP contribution in [0.3, 0.4) is 0 Å². The second kappa shape index (κ2) is 6.61. The van der Waals surface area contributed by atoms with Gasteiger partial charge in [-0.2, -0.15) is 0 Å². The molecule has 0 spiro atoms. The number of nitrogens with one attached hydrogen (secondary N) is 1. The van der Waals surface area contributed by atoms with E-state index in [2.05, 4.69) is 9.97 Å². The number of hydrogen-bond donors (Lipinski definition) is 1. The monoisotopic (exact) mass is 347 g/mol. The first kappa shape index (κ1) is 15.7. The molecule has 25 heavy (non-hydrogen) atoms. The highest BCUT2D eigenvalue weighted by atomic mass is 32.2. The van der Waals surface area contributed by atoms with Crippen molar-refractivity contribution in [1.29, 1.82) is 0 Å². The van der Waals surface area contributed by atoms with Crippen molar-refractivity contribution >= 4 is 22.7 Å². The first-order valence-electron chi connectivity index (χ1n) is 8.10. The van der Waals surface area contributed by atoms with E-state index in [-0.39, 0.29) is 10.8 Å². The van der Waals surface area contributed by atoms with Gasteiger partial charge in [0.05, 0.1) is 5.52 Å². The van der Waals surface area contributed by atoms with Crippen molar-refractivity contribution in [3.8, 4) is 5.69 Å². The lowest BCUT2D eigenvalue weighted by atomic mass is 10.1. The van der Waals surface area contributed by atoms with E-state index in [9.17, 15) is 4.79 Å². The van der Waals surface area contributed by atoms with Crippen LogP contribution in [0.15, 0.2) is 83.0 Å². The SMILES string of the molecule is CC(Sc1ncc[nH]1)c1cc2ccccc2n(-c2ccccc2)c1=O. The molecular weight excluding hydrogens is 330 g/mol. The van der Waals surface area contributed by atoms with Crippen LogP contribution in [0.4, 0.5) is 0 Å².